The minimum absolute atomic E-state index is 0.0160. The first-order valence-electron chi connectivity index (χ1n) is 11.4. The number of piperazine rings is 1. The zero-order valence-corrected chi connectivity index (χ0v) is 23.2. The van der Waals surface area contributed by atoms with Crippen LogP contribution < -0.4 is 5.32 Å². The van der Waals surface area contributed by atoms with Crippen molar-refractivity contribution in [3.63, 3.8) is 0 Å². The van der Waals surface area contributed by atoms with Gasteiger partial charge in [-0.15, -0.1) is 11.3 Å². The number of hydrogen-bond donors (Lipinski definition) is 1. The molecule has 3 heterocycles. The maximum absolute atomic E-state index is 13.0. The number of para-hydroxylation sites is 1. The molecule has 3 aromatic rings. The monoisotopic (exact) mass is 571 g/mol. The number of methoxy groups -OCH3 is 1. The van der Waals surface area contributed by atoms with Crippen LogP contribution in [0.2, 0.25) is 9.36 Å². The molecule has 1 N–H and O–H groups in total. The predicted molar refractivity (Wildman–Crippen MR) is 142 cm³/mol. The Hall–Kier alpha value is -2.02. The zero-order chi connectivity index (χ0) is 26.0. The van der Waals surface area contributed by atoms with Crippen molar-refractivity contribution >= 4 is 67.3 Å². The van der Waals surface area contributed by atoms with Gasteiger partial charge < -0.3 is 10.1 Å². The largest absolute Gasteiger partial charge is 0.467 e. The minimum atomic E-state index is -3.66. The Morgan fingerprint density at radius 1 is 1.17 bits per heavy atom. The van der Waals surface area contributed by atoms with Crippen LogP contribution in [0, 0.1) is 5.92 Å². The van der Waals surface area contributed by atoms with Crippen molar-refractivity contribution in [3.8, 4) is 0 Å². The molecule has 1 fully saturated rings. The highest BCUT2D eigenvalue weighted by Gasteiger charge is 2.31. The number of nitrogens with zero attached hydrogens (tertiary/aromatic N) is 4. The van der Waals surface area contributed by atoms with E-state index in [1.807, 2.05) is 38.1 Å². The molecule has 0 saturated carbocycles. The molecule has 0 unspecified atom stereocenters. The zero-order valence-electron chi connectivity index (χ0n) is 20.1. The molecular weight excluding hydrogens is 545 g/mol. The Balaban J connectivity index is 1.50. The first-order valence-corrected chi connectivity index (χ1v) is 14.4. The van der Waals surface area contributed by atoms with Crippen LogP contribution in [0.5, 0.6) is 0 Å². The molecule has 0 spiro atoms. The normalized spacial score (nSPS) is 16.4. The van der Waals surface area contributed by atoms with Crippen LogP contribution in [0.3, 0.4) is 0 Å². The Bertz CT molecular complexity index is 1340. The summed E-state index contributed by atoms with van der Waals surface area (Å²) in [7, 11) is -2.29. The van der Waals surface area contributed by atoms with Crippen molar-refractivity contribution in [1.29, 1.82) is 0 Å². The average molecular weight is 573 g/mol. The summed E-state index contributed by atoms with van der Waals surface area (Å²) in [5.74, 6) is 0.765. The quantitative estimate of drug-likeness (QED) is 0.402. The highest BCUT2D eigenvalue weighted by molar-refractivity contribution is 7.91. The third-order valence-electron chi connectivity index (χ3n) is 5.98. The summed E-state index contributed by atoms with van der Waals surface area (Å²) in [6.45, 7) is 5.99. The fourth-order valence-corrected chi connectivity index (χ4v) is 7.44. The molecule has 1 aliphatic heterocycles. The third-order valence-corrected chi connectivity index (χ3v) is 10.2. The van der Waals surface area contributed by atoms with Gasteiger partial charge in [-0.05, 0) is 24.1 Å². The fourth-order valence-electron chi connectivity index (χ4n) is 3.99. The topological polar surface area (TPSA) is 105 Å². The number of esters is 1. The standard InChI is InChI=1S/C23H27Cl2N5O4S2/c1-14(2)20(23(31)34-3)28-22-15-6-4-5-7-17(15)26-18(27-22)13-29-8-10-30(11-9-29)36(32,33)19-12-16(24)21(25)35-19/h4-7,12,14,20H,8-11,13H2,1-3H3,(H,26,27,28)/t20-/m0/s1. The highest BCUT2D eigenvalue weighted by Crippen LogP contribution is 2.36. The van der Waals surface area contributed by atoms with Crippen molar-refractivity contribution in [2.24, 2.45) is 5.92 Å². The summed E-state index contributed by atoms with van der Waals surface area (Å²) in [4.78, 5) is 23.9. The number of aromatic nitrogens is 2. The van der Waals surface area contributed by atoms with E-state index < -0.39 is 16.1 Å². The van der Waals surface area contributed by atoms with E-state index in [2.05, 4.69) is 10.2 Å². The average Bonchev–Trinajstić information content (AvgIpc) is 3.21. The van der Waals surface area contributed by atoms with Gasteiger partial charge in [0.05, 0.1) is 24.2 Å². The summed E-state index contributed by atoms with van der Waals surface area (Å²) in [6, 6.07) is 8.43. The molecule has 9 nitrogen and oxygen atoms in total. The molecule has 0 aliphatic carbocycles. The summed E-state index contributed by atoms with van der Waals surface area (Å²) < 4.78 is 32.8. The molecule has 4 rings (SSSR count). The van der Waals surface area contributed by atoms with Gasteiger partial charge in [0.1, 0.15) is 26.2 Å². The molecule has 1 saturated heterocycles. The number of rotatable bonds is 8. The van der Waals surface area contributed by atoms with Crippen LogP contribution >= 0.6 is 34.5 Å². The number of sulfonamides is 1. The molecule has 36 heavy (non-hydrogen) atoms. The number of fused-ring (bicyclic) bond motifs is 1. The lowest BCUT2D eigenvalue weighted by atomic mass is 10.0. The van der Waals surface area contributed by atoms with E-state index >= 15 is 0 Å². The van der Waals surface area contributed by atoms with Gasteiger partial charge >= 0.3 is 5.97 Å². The van der Waals surface area contributed by atoms with Crippen molar-refractivity contribution in [1.82, 2.24) is 19.2 Å². The van der Waals surface area contributed by atoms with Crippen molar-refractivity contribution in [2.75, 3.05) is 38.6 Å². The number of hydrogen-bond acceptors (Lipinski definition) is 9. The number of carbonyl (C=O) groups excluding carboxylic acids is 1. The second-order valence-corrected chi connectivity index (χ2v) is 13.0. The minimum Gasteiger partial charge on any atom is -0.467 e. The molecule has 194 valence electrons. The van der Waals surface area contributed by atoms with Gasteiger partial charge in [-0.25, -0.2) is 23.2 Å². The van der Waals surface area contributed by atoms with E-state index in [0.29, 0.717) is 44.4 Å². The molecule has 1 aromatic carbocycles. The third kappa shape index (κ3) is 5.76. The molecular formula is C23H27Cl2N5O4S2. The Labute approximate surface area is 224 Å². The number of anilines is 1. The molecule has 1 atom stereocenters. The first-order chi connectivity index (χ1) is 17.1. The number of halogens is 2. The lowest BCUT2D eigenvalue weighted by molar-refractivity contribution is -0.142. The van der Waals surface area contributed by atoms with Gasteiger partial charge in [-0.3, -0.25) is 4.90 Å². The van der Waals surface area contributed by atoms with E-state index in [1.54, 1.807) is 0 Å². The second-order valence-electron chi connectivity index (χ2n) is 8.76. The van der Waals surface area contributed by atoms with Gasteiger partial charge in [0.25, 0.3) is 10.0 Å². The van der Waals surface area contributed by atoms with Gasteiger partial charge in [0.15, 0.2) is 0 Å². The van der Waals surface area contributed by atoms with E-state index in [0.717, 1.165) is 22.2 Å². The van der Waals surface area contributed by atoms with E-state index in [4.69, 9.17) is 37.9 Å². The second kappa shape index (κ2) is 11.2. The molecule has 13 heteroatoms. The maximum Gasteiger partial charge on any atom is 0.328 e. The SMILES string of the molecule is COC(=O)[C@@H](Nc1nc(CN2CCN(S(=O)(=O)c3cc(Cl)c(Cl)s3)CC2)nc2ccccc12)C(C)C. The summed E-state index contributed by atoms with van der Waals surface area (Å²) in [6.07, 6.45) is 0. The van der Waals surface area contributed by atoms with E-state index in [9.17, 15) is 13.2 Å². The fraction of sp³-hybridized carbons (Fsp3) is 0.435. The lowest BCUT2D eigenvalue weighted by Crippen LogP contribution is -2.48. The van der Waals surface area contributed by atoms with Crippen LogP contribution in [0.4, 0.5) is 5.82 Å². The summed E-state index contributed by atoms with van der Waals surface area (Å²) in [5.41, 5.74) is 0.755. The lowest BCUT2D eigenvalue weighted by Gasteiger charge is -2.33. The number of nitrogens with one attached hydrogen (secondary N) is 1. The molecule has 0 bridgehead atoms. The van der Waals surface area contributed by atoms with Crippen LogP contribution in [0.1, 0.15) is 19.7 Å². The van der Waals surface area contributed by atoms with Gasteiger partial charge in [-0.1, -0.05) is 49.2 Å². The summed E-state index contributed by atoms with van der Waals surface area (Å²) >= 11 is 12.9. The summed E-state index contributed by atoms with van der Waals surface area (Å²) in [5, 5.41) is 4.29. The number of carbonyl (C=O) groups is 1. The van der Waals surface area contributed by atoms with Crippen LogP contribution in [-0.4, -0.2) is 72.9 Å². The van der Waals surface area contributed by atoms with Crippen LogP contribution in [-0.2, 0) is 26.1 Å². The van der Waals surface area contributed by atoms with Crippen molar-refractivity contribution in [3.05, 3.63) is 45.5 Å². The maximum atomic E-state index is 13.0. The van der Waals surface area contributed by atoms with E-state index in [1.165, 1.54) is 17.5 Å². The van der Waals surface area contributed by atoms with Gasteiger partial charge in [-0.2, -0.15) is 4.31 Å². The van der Waals surface area contributed by atoms with Crippen LogP contribution in [0.15, 0.2) is 34.5 Å². The molecule has 2 aromatic heterocycles. The molecule has 0 radical (unpaired) electrons. The first kappa shape index (κ1) is 27.0. The predicted octanol–water partition coefficient (Wildman–Crippen LogP) is 4.11. The van der Waals surface area contributed by atoms with Crippen molar-refractivity contribution in [2.45, 2.75) is 30.6 Å². The van der Waals surface area contributed by atoms with E-state index in [-0.39, 0.29) is 25.5 Å². The van der Waals surface area contributed by atoms with Gasteiger partial charge in [0, 0.05) is 31.6 Å². The smallest absolute Gasteiger partial charge is 0.328 e. The number of benzene rings is 1. The number of thiophene rings is 1. The van der Waals surface area contributed by atoms with Crippen molar-refractivity contribution < 1.29 is 17.9 Å². The number of ether oxygens (including phenoxy) is 1. The Kier molecular flexibility index (Phi) is 8.38. The Morgan fingerprint density at radius 2 is 1.86 bits per heavy atom. The molecule has 0 amide bonds. The Morgan fingerprint density at radius 3 is 2.47 bits per heavy atom. The van der Waals surface area contributed by atoms with Crippen LogP contribution in [0.25, 0.3) is 10.9 Å². The molecule has 1 aliphatic rings. The van der Waals surface area contributed by atoms with Gasteiger partial charge in [0.2, 0.25) is 0 Å². The highest BCUT2D eigenvalue weighted by atomic mass is 35.5.